The predicted molar refractivity (Wildman–Crippen MR) is 93.3 cm³/mol. The first-order valence-electron chi connectivity index (χ1n) is 8.90. The van der Waals surface area contributed by atoms with Crippen LogP contribution in [0.15, 0.2) is 36.4 Å². The largest absolute Gasteiger partial charge is 0.350 e. The van der Waals surface area contributed by atoms with Crippen molar-refractivity contribution >= 4 is 11.8 Å². The zero-order chi connectivity index (χ0) is 17.2. The Bertz CT molecular complexity index is 780. The summed E-state index contributed by atoms with van der Waals surface area (Å²) in [5.74, 6) is 0.438. The Morgan fingerprint density at radius 1 is 1.20 bits per heavy atom. The molecular formula is C19H22N4O2. The number of fused-ring (bicyclic) bond motifs is 1. The molecule has 0 spiro atoms. The minimum absolute atomic E-state index is 0.00557. The first kappa shape index (κ1) is 15.9. The summed E-state index contributed by atoms with van der Waals surface area (Å²) in [6.45, 7) is 2.72. The van der Waals surface area contributed by atoms with Crippen molar-refractivity contribution in [3.63, 3.8) is 0 Å². The Hall–Kier alpha value is -2.63. The molecule has 1 saturated carbocycles. The fraction of sp³-hybridized carbons (Fsp3) is 0.421. The van der Waals surface area contributed by atoms with E-state index in [2.05, 4.69) is 10.4 Å². The highest BCUT2D eigenvalue weighted by Crippen LogP contribution is 2.30. The number of hydrogen-bond acceptors (Lipinski definition) is 3. The van der Waals surface area contributed by atoms with E-state index in [1.54, 1.807) is 10.7 Å². The molecule has 0 radical (unpaired) electrons. The van der Waals surface area contributed by atoms with E-state index in [0.29, 0.717) is 36.9 Å². The minimum Gasteiger partial charge on any atom is -0.350 e. The van der Waals surface area contributed by atoms with Gasteiger partial charge in [0.2, 0.25) is 0 Å². The molecule has 25 heavy (non-hydrogen) atoms. The Kier molecular flexibility index (Phi) is 4.26. The number of rotatable bonds is 6. The molecule has 0 bridgehead atoms. The number of nitrogens with one attached hydrogen (secondary N) is 1. The van der Waals surface area contributed by atoms with E-state index in [9.17, 15) is 9.59 Å². The number of aromatic nitrogens is 2. The second-order valence-electron chi connectivity index (χ2n) is 6.82. The molecular weight excluding hydrogens is 316 g/mol. The quantitative estimate of drug-likeness (QED) is 0.872. The Morgan fingerprint density at radius 2 is 2.00 bits per heavy atom. The summed E-state index contributed by atoms with van der Waals surface area (Å²) >= 11 is 0. The van der Waals surface area contributed by atoms with Crippen LogP contribution in [-0.2, 0) is 13.0 Å². The summed E-state index contributed by atoms with van der Waals surface area (Å²) in [5.41, 5.74) is 2.03. The second kappa shape index (κ2) is 6.70. The molecule has 0 unspecified atom stereocenters. The van der Waals surface area contributed by atoms with Crippen LogP contribution in [0.3, 0.4) is 0 Å². The van der Waals surface area contributed by atoms with Crippen LogP contribution in [0.2, 0.25) is 0 Å². The molecule has 1 fully saturated rings. The van der Waals surface area contributed by atoms with Gasteiger partial charge in [0.05, 0.1) is 6.54 Å². The van der Waals surface area contributed by atoms with Crippen LogP contribution in [0.25, 0.3) is 0 Å². The van der Waals surface area contributed by atoms with E-state index in [0.717, 1.165) is 13.0 Å². The summed E-state index contributed by atoms with van der Waals surface area (Å²) in [6, 6.07) is 11.6. The fourth-order valence-corrected chi connectivity index (χ4v) is 3.19. The van der Waals surface area contributed by atoms with Gasteiger partial charge in [0.25, 0.3) is 11.8 Å². The molecule has 1 aromatic heterocycles. The molecule has 1 aromatic carbocycles. The molecule has 4 rings (SSSR count). The average molecular weight is 338 g/mol. The molecule has 2 amide bonds. The molecule has 0 saturated heterocycles. The van der Waals surface area contributed by atoms with Crippen molar-refractivity contribution < 1.29 is 9.59 Å². The standard InChI is InChI=1S/C19H22N4O2/c24-18(20-9-8-14-4-2-1-3-5-14)16-12-17-19(25)22(13-15-6-7-15)10-11-23(17)21-16/h1-5,12,15H,6-11,13H2,(H,20,24). The van der Waals surface area contributed by atoms with E-state index < -0.39 is 0 Å². The SMILES string of the molecule is O=C(NCCc1ccccc1)c1cc2n(n1)CCN(CC1CC1)C2=O. The molecule has 130 valence electrons. The fourth-order valence-electron chi connectivity index (χ4n) is 3.19. The normalized spacial score (nSPS) is 16.6. The number of benzene rings is 1. The molecule has 2 heterocycles. The Morgan fingerprint density at radius 3 is 2.76 bits per heavy atom. The van der Waals surface area contributed by atoms with E-state index in [1.165, 1.54) is 18.4 Å². The minimum atomic E-state index is -0.223. The highest BCUT2D eigenvalue weighted by molar-refractivity contribution is 5.98. The van der Waals surface area contributed by atoms with Gasteiger partial charge in [-0.15, -0.1) is 0 Å². The van der Waals surface area contributed by atoms with Crippen LogP contribution >= 0.6 is 0 Å². The van der Waals surface area contributed by atoms with Crippen molar-refractivity contribution in [2.45, 2.75) is 25.8 Å². The van der Waals surface area contributed by atoms with E-state index in [-0.39, 0.29) is 11.8 Å². The maximum absolute atomic E-state index is 12.5. The van der Waals surface area contributed by atoms with E-state index in [4.69, 9.17) is 0 Å². The van der Waals surface area contributed by atoms with Gasteiger partial charge in [-0.25, -0.2) is 0 Å². The lowest BCUT2D eigenvalue weighted by Crippen LogP contribution is -2.41. The van der Waals surface area contributed by atoms with Gasteiger partial charge < -0.3 is 10.2 Å². The molecule has 1 N–H and O–H groups in total. The van der Waals surface area contributed by atoms with Gasteiger partial charge in [0.15, 0.2) is 5.69 Å². The zero-order valence-electron chi connectivity index (χ0n) is 14.1. The van der Waals surface area contributed by atoms with Crippen molar-refractivity contribution in [1.29, 1.82) is 0 Å². The lowest BCUT2D eigenvalue weighted by atomic mass is 10.1. The zero-order valence-corrected chi connectivity index (χ0v) is 14.1. The van der Waals surface area contributed by atoms with Crippen LogP contribution < -0.4 is 5.32 Å². The molecule has 2 aliphatic rings. The van der Waals surface area contributed by atoms with Crippen LogP contribution in [0, 0.1) is 5.92 Å². The summed E-state index contributed by atoms with van der Waals surface area (Å²) in [5, 5.41) is 7.20. The predicted octanol–water partition coefficient (Wildman–Crippen LogP) is 1.72. The van der Waals surface area contributed by atoms with Crippen molar-refractivity contribution in [1.82, 2.24) is 20.0 Å². The van der Waals surface area contributed by atoms with Gasteiger partial charge in [-0.3, -0.25) is 14.3 Å². The van der Waals surface area contributed by atoms with Crippen molar-refractivity contribution in [2.24, 2.45) is 5.92 Å². The first-order valence-corrected chi connectivity index (χ1v) is 8.90. The van der Waals surface area contributed by atoms with Gasteiger partial charge in [-0.1, -0.05) is 30.3 Å². The van der Waals surface area contributed by atoms with Gasteiger partial charge >= 0.3 is 0 Å². The van der Waals surface area contributed by atoms with E-state index >= 15 is 0 Å². The molecule has 6 heteroatoms. The topological polar surface area (TPSA) is 67.2 Å². The Labute approximate surface area is 146 Å². The third-order valence-corrected chi connectivity index (χ3v) is 4.82. The third kappa shape index (κ3) is 3.57. The highest BCUT2D eigenvalue weighted by atomic mass is 16.2. The van der Waals surface area contributed by atoms with Crippen molar-refractivity contribution in [2.75, 3.05) is 19.6 Å². The Balaban J connectivity index is 1.37. The van der Waals surface area contributed by atoms with Gasteiger partial charge in [0.1, 0.15) is 5.69 Å². The molecule has 2 aromatic rings. The monoisotopic (exact) mass is 338 g/mol. The van der Waals surface area contributed by atoms with Crippen LogP contribution in [0.1, 0.15) is 39.4 Å². The number of hydrogen-bond donors (Lipinski definition) is 1. The average Bonchev–Trinajstić information content (AvgIpc) is 3.33. The number of amides is 2. The third-order valence-electron chi connectivity index (χ3n) is 4.82. The smallest absolute Gasteiger partial charge is 0.272 e. The van der Waals surface area contributed by atoms with E-state index in [1.807, 2.05) is 35.2 Å². The van der Waals surface area contributed by atoms with Gasteiger partial charge in [-0.05, 0) is 30.7 Å². The molecule has 6 nitrogen and oxygen atoms in total. The van der Waals surface area contributed by atoms with Gasteiger partial charge in [0, 0.05) is 25.7 Å². The molecule has 1 aliphatic carbocycles. The highest BCUT2D eigenvalue weighted by Gasteiger charge is 2.32. The van der Waals surface area contributed by atoms with Crippen molar-refractivity contribution in [3.8, 4) is 0 Å². The number of carbonyl (C=O) groups is 2. The summed E-state index contributed by atoms with van der Waals surface area (Å²) < 4.78 is 1.66. The van der Waals surface area contributed by atoms with Crippen molar-refractivity contribution in [3.05, 3.63) is 53.3 Å². The maximum atomic E-state index is 12.5. The van der Waals surface area contributed by atoms with Crippen LogP contribution in [0.5, 0.6) is 0 Å². The summed E-state index contributed by atoms with van der Waals surface area (Å²) in [4.78, 5) is 26.8. The lowest BCUT2D eigenvalue weighted by Gasteiger charge is -2.27. The lowest BCUT2D eigenvalue weighted by molar-refractivity contribution is 0.0688. The van der Waals surface area contributed by atoms with Crippen LogP contribution in [0.4, 0.5) is 0 Å². The number of carbonyl (C=O) groups excluding carboxylic acids is 2. The maximum Gasteiger partial charge on any atom is 0.272 e. The first-order chi connectivity index (χ1) is 12.2. The van der Waals surface area contributed by atoms with Crippen LogP contribution in [-0.4, -0.2) is 46.1 Å². The molecule has 1 aliphatic heterocycles. The summed E-state index contributed by atoms with van der Waals surface area (Å²) in [7, 11) is 0. The number of nitrogens with zero attached hydrogens (tertiary/aromatic N) is 3. The van der Waals surface area contributed by atoms with Gasteiger partial charge in [-0.2, -0.15) is 5.10 Å². The summed E-state index contributed by atoms with van der Waals surface area (Å²) in [6.07, 6.45) is 3.21. The molecule has 0 atom stereocenters. The second-order valence-corrected chi connectivity index (χ2v) is 6.82.